The Labute approximate surface area is 131 Å². The van der Waals surface area contributed by atoms with E-state index in [4.69, 9.17) is 0 Å². The second-order valence-corrected chi connectivity index (χ2v) is 3.92. The number of hydrogen-bond acceptors (Lipinski definition) is 2. The fraction of sp³-hybridized carbons (Fsp3) is 0.250. The molecule has 0 heterocycles. The first-order valence-corrected chi connectivity index (χ1v) is 6.18. The average molecular weight is 267 g/mol. The van der Waals surface area contributed by atoms with Gasteiger partial charge in [0.2, 0.25) is 0 Å². The number of hydrogen-bond donors (Lipinski definition) is 0. The quantitative estimate of drug-likeness (QED) is 0.783. The third kappa shape index (κ3) is 5.99. The van der Waals surface area contributed by atoms with Crippen molar-refractivity contribution in [3.63, 3.8) is 0 Å². The van der Waals surface area contributed by atoms with Crippen molar-refractivity contribution in [1.29, 1.82) is 0 Å². The minimum atomic E-state index is 0. The molecule has 0 atom stereocenters. The molecule has 0 aliphatic rings. The molecule has 0 saturated heterocycles. The molecule has 0 spiro atoms. The van der Waals surface area contributed by atoms with E-state index >= 15 is 0 Å². The second-order valence-electron chi connectivity index (χ2n) is 3.92. The minimum absolute atomic E-state index is 0. The van der Waals surface area contributed by atoms with Crippen LogP contribution < -0.4 is 10.2 Å². The molecule has 0 N–H and O–H groups in total. The Kier molecular flexibility index (Phi) is 9.09. The minimum Gasteiger partial charge on any atom is -0.872 e. The van der Waals surface area contributed by atoms with E-state index in [1.807, 2.05) is 38.1 Å². The van der Waals surface area contributed by atoms with Crippen LogP contribution in [0.3, 0.4) is 0 Å². The molecule has 0 radical (unpaired) electrons. The van der Waals surface area contributed by atoms with Crippen molar-refractivity contribution in [2.45, 2.75) is 26.7 Å². The maximum absolute atomic E-state index is 10.9. The number of para-hydroxylation sites is 2. The van der Waals surface area contributed by atoms with Gasteiger partial charge in [-0.2, -0.15) is 0 Å². The SMILES string of the molecule is CCc1ccccc1[O-].CCc1ccccc1[O-].[Mg+2]. The topological polar surface area (TPSA) is 46.1 Å². The maximum atomic E-state index is 10.9. The van der Waals surface area contributed by atoms with Crippen LogP contribution >= 0.6 is 0 Å². The van der Waals surface area contributed by atoms with Crippen LogP contribution in [-0.4, -0.2) is 23.1 Å². The predicted octanol–water partition coefficient (Wildman–Crippen LogP) is 2.26. The Morgan fingerprint density at radius 1 is 0.684 bits per heavy atom. The molecule has 0 aliphatic carbocycles. The first-order valence-electron chi connectivity index (χ1n) is 6.18. The van der Waals surface area contributed by atoms with Gasteiger partial charge in [0.15, 0.2) is 0 Å². The Balaban J connectivity index is 0.000000324. The van der Waals surface area contributed by atoms with Crippen molar-refractivity contribution < 1.29 is 10.2 Å². The van der Waals surface area contributed by atoms with E-state index < -0.39 is 0 Å². The van der Waals surface area contributed by atoms with Crippen molar-refractivity contribution in [3.05, 3.63) is 59.7 Å². The van der Waals surface area contributed by atoms with Crippen molar-refractivity contribution in [2.75, 3.05) is 0 Å². The summed E-state index contributed by atoms with van der Waals surface area (Å²) in [7, 11) is 0. The molecule has 2 aromatic carbocycles. The molecule has 0 fully saturated rings. The summed E-state index contributed by atoms with van der Waals surface area (Å²) in [6.45, 7) is 3.97. The van der Waals surface area contributed by atoms with Gasteiger partial charge in [0.1, 0.15) is 0 Å². The molecule has 0 bridgehead atoms. The second kappa shape index (κ2) is 9.70. The molecule has 0 saturated carbocycles. The summed E-state index contributed by atoms with van der Waals surface area (Å²) in [4.78, 5) is 0. The molecular weight excluding hydrogens is 248 g/mol. The molecule has 0 amide bonds. The standard InChI is InChI=1S/2C8H10O.Mg/c2*1-2-7-5-3-4-6-8(7)9;/h2*3-6,9H,2H2,1H3;/q;;+2/p-2. The Hall–Kier alpha value is -1.19. The molecule has 96 valence electrons. The summed E-state index contributed by atoms with van der Waals surface area (Å²) in [5.41, 5.74) is 1.80. The normalized spacial score (nSPS) is 8.95. The van der Waals surface area contributed by atoms with Crippen molar-refractivity contribution in [1.82, 2.24) is 0 Å². The zero-order valence-corrected chi connectivity index (χ0v) is 13.0. The monoisotopic (exact) mass is 266 g/mol. The number of rotatable bonds is 2. The van der Waals surface area contributed by atoms with Gasteiger partial charge in [-0.05, 0) is 12.8 Å². The largest absolute Gasteiger partial charge is 2.00 e. The van der Waals surface area contributed by atoms with Crippen LogP contribution in [0, 0.1) is 0 Å². The fourth-order valence-corrected chi connectivity index (χ4v) is 1.59. The van der Waals surface area contributed by atoms with Gasteiger partial charge < -0.3 is 10.2 Å². The Bertz CT molecular complexity index is 438. The summed E-state index contributed by atoms with van der Waals surface area (Å²) in [6.07, 6.45) is 1.67. The third-order valence-electron chi connectivity index (χ3n) is 2.71. The Morgan fingerprint density at radius 3 is 1.21 bits per heavy atom. The van der Waals surface area contributed by atoms with Gasteiger partial charge in [0.05, 0.1) is 0 Å². The summed E-state index contributed by atoms with van der Waals surface area (Å²) in [6, 6.07) is 14.2. The summed E-state index contributed by atoms with van der Waals surface area (Å²) >= 11 is 0. The number of benzene rings is 2. The van der Waals surface area contributed by atoms with Gasteiger partial charge in [-0.25, -0.2) is 0 Å². The van der Waals surface area contributed by atoms with Gasteiger partial charge in [-0.1, -0.05) is 73.5 Å². The number of aryl methyl sites for hydroxylation is 2. The van der Waals surface area contributed by atoms with Crippen LogP contribution in [0.5, 0.6) is 11.5 Å². The smallest absolute Gasteiger partial charge is 0.872 e. The molecule has 0 aliphatic heterocycles. The third-order valence-corrected chi connectivity index (χ3v) is 2.71. The van der Waals surface area contributed by atoms with Gasteiger partial charge >= 0.3 is 23.1 Å². The van der Waals surface area contributed by atoms with E-state index in [0.717, 1.165) is 24.0 Å². The zero-order chi connectivity index (χ0) is 13.4. The molecule has 3 heteroatoms. The van der Waals surface area contributed by atoms with Gasteiger partial charge in [-0.3, -0.25) is 0 Å². The van der Waals surface area contributed by atoms with Crippen molar-refractivity contribution >= 4 is 23.1 Å². The van der Waals surface area contributed by atoms with Crippen LogP contribution in [0.15, 0.2) is 48.5 Å². The summed E-state index contributed by atoms with van der Waals surface area (Å²) in [5, 5.41) is 21.7. The molecule has 0 unspecified atom stereocenters. The first kappa shape index (κ1) is 17.8. The van der Waals surface area contributed by atoms with Gasteiger partial charge in [-0.15, -0.1) is 11.5 Å². The van der Waals surface area contributed by atoms with Crippen LogP contribution in [0.4, 0.5) is 0 Å². The maximum Gasteiger partial charge on any atom is 2.00 e. The van der Waals surface area contributed by atoms with Gasteiger partial charge in [0.25, 0.3) is 0 Å². The van der Waals surface area contributed by atoms with Crippen LogP contribution in [-0.2, 0) is 12.8 Å². The van der Waals surface area contributed by atoms with Crippen molar-refractivity contribution in [2.24, 2.45) is 0 Å². The fourth-order valence-electron chi connectivity index (χ4n) is 1.59. The molecule has 2 nitrogen and oxygen atoms in total. The summed E-state index contributed by atoms with van der Waals surface area (Å²) < 4.78 is 0. The van der Waals surface area contributed by atoms with Crippen molar-refractivity contribution in [3.8, 4) is 11.5 Å². The average Bonchev–Trinajstić information content (AvgIpc) is 2.41. The Morgan fingerprint density at radius 2 is 1.00 bits per heavy atom. The molecule has 2 rings (SSSR count). The van der Waals surface area contributed by atoms with E-state index in [-0.39, 0.29) is 34.6 Å². The molecule has 19 heavy (non-hydrogen) atoms. The van der Waals surface area contributed by atoms with E-state index in [1.54, 1.807) is 24.3 Å². The summed E-state index contributed by atoms with van der Waals surface area (Å²) in [5.74, 6) is 0.306. The molecule has 0 aromatic heterocycles. The van der Waals surface area contributed by atoms with Gasteiger partial charge in [0, 0.05) is 0 Å². The van der Waals surface area contributed by atoms with E-state index in [0.29, 0.717) is 0 Å². The van der Waals surface area contributed by atoms with E-state index in [1.165, 1.54) is 0 Å². The van der Waals surface area contributed by atoms with Crippen LogP contribution in [0.25, 0.3) is 0 Å². The zero-order valence-electron chi connectivity index (χ0n) is 11.6. The van der Waals surface area contributed by atoms with E-state index in [2.05, 4.69) is 0 Å². The molecule has 2 aromatic rings. The van der Waals surface area contributed by atoms with E-state index in [9.17, 15) is 10.2 Å². The van der Waals surface area contributed by atoms with Crippen LogP contribution in [0.2, 0.25) is 0 Å². The first-order chi connectivity index (χ1) is 8.69. The predicted molar refractivity (Wildman–Crippen MR) is 76.3 cm³/mol. The molecular formula is C16H18MgO2. The van der Waals surface area contributed by atoms with Crippen LogP contribution in [0.1, 0.15) is 25.0 Å².